The zero-order chi connectivity index (χ0) is 66.6. The number of pyridine rings is 4. The molecule has 0 amide bonds. The molecule has 0 bridgehead atoms. The van der Waals surface area contributed by atoms with E-state index in [1.807, 2.05) is 140 Å². The van der Waals surface area contributed by atoms with Crippen molar-refractivity contribution in [3.63, 3.8) is 0 Å². The highest BCUT2D eigenvalue weighted by Gasteiger charge is 2.19. The zero-order valence-electron chi connectivity index (χ0n) is 57.0. The van der Waals surface area contributed by atoms with Gasteiger partial charge in [0.1, 0.15) is 44.4 Å². The third-order valence-electron chi connectivity index (χ3n) is 15.5. The molecule has 0 saturated heterocycles. The van der Waals surface area contributed by atoms with Crippen LogP contribution in [-0.4, -0.2) is 19.9 Å². The van der Waals surface area contributed by atoms with E-state index >= 15 is 0 Å². The fourth-order valence-corrected chi connectivity index (χ4v) is 11.2. The molecule has 16 rings (SSSR count). The number of fused-ring (bicyclic) bond motifs is 12. The van der Waals surface area contributed by atoms with Crippen LogP contribution in [0.4, 0.5) is 0 Å². The van der Waals surface area contributed by atoms with Crippen LogP contribution in [0.25, 0.3) is 133 Å². The van der Waals surface area contributed by atoms with Crippen LogP contribution in [0.1, 0.15) is 98.3 Å². The van der Waals surface area contributed by atoms with Gasteiger partial charge in [-0.05, 0) is 121 Å². The van der Waals surface area contributed by atoms with Crippen molar-refractivity contribution in [1.29, 1.82) is 0 Å². The Morgan fingerprint density at radius 3 is 1.25 bits per heavy atom. The van der Waals surface area contributed by atoms with Gasteiger partial charge in [0.05, 0.1) is 0 Å². The van der Waals surface area contributed by atoms with E-state index in [0.29, 0.717) is 44.8 Å². The Kier molecular flexibility index (Phi) is 12.9. The van der Waals surface area contributed by atoms with Gasteiger partial charge in [-0.2, -0.15) is 0 Å². The summed E-state index contributed by atoms with van der Waals surface area (Å²) in [6, 6.07) is 75.6. The molecular weight excluding hydrogens is 1070 g/mol. The maximum atomic E-state index is 8.44. The van der Waals surface area contributed by atoms with Crippen molar-refractivity contribution in [1.82, 2.24) is 19.9 Å². The first-order chi connectivity index (χ1) is 45.6. The molecule has 8 aromatic carbocycles. The fraction of sp³-hybridized carbons (Fsp3) is 0.139. The molecule has 8 nitrogen and oxygen atoms in total. The largest absolute Gasteiger partial charge is 0.454 e. The Labute approximate surface area is 517 Å². The van der Waals surface area contributed by atoms with Crippen molar-refractivity contribution < 1.29 is 28.6 Å². The standard InChI is InChI=1S/C21H19NO.2C20H17NO.C18H13NO/c1-13(2)18-10-11-19-20(22-18)17-9-5-8-16(21(17)23-19)15-7-4-6-14(3)12-15;1-13(2)15-11-12-21-18-17-10-6-9-16(19(17)22-20(15)18)14-7-4-3-5-8-14;1-13(2)17-11-12-18-19(21-17)16-10-6-9-15(20(16)22-18)14-7-4-3-5-8-14;1-12-10-11-16-17(19-12)15-9-5-8-14(18(15)20-16)13-6-3-2-4-7-13/h4-13H,1-3H3;2*3-13H,1-2H3;2-11H,1H3/i;2*1D3,13D;. The molecule has 2 atom stereocenters. The summed E-state index contributed by atoms with van der Waals surface area (Å²) in [5, 5.41) is 3.78. The quantitative estimate of drug-likeness (QED) is 0.155. The van der Waals surface area contributed by atoms with E-state index in [1.54, 1.807) is 24.4 Å². The number of benzene rings is 8. The van der Waals surface area contributed by atoms with Crippen LogP contribution in [0, 0.1) is 13.8 Å². The van der Waals surface area contributed by atoms with Crippen LogP contribution in [-0.2, 0) is 0 Å². The monoisotopic (exact) mass is 1140 g/mol. The molecule has 0 N–H and O–H groups in total. The Bertz CT molecular complexity index is 5470. The molecule has 0 aliphatic carbocycles. The Hall–Kier alpha value is -10.4. The first kappa shape index (κ1) is 46.9. The molecule has 0 fully saturated rings. The molecule has 0 aliphatic heterocycles. The fourth-order valence-electron chi connectivity index (χ4n) is 11.2. The minimum atomic E-state index is -2.48. The van der Waals surface area contributed by atoms with E-state index in [1.165, 1.54) is 25.0 Å². The van der Waals surface area contributed by atoms with Gasteiger partial charge in [0.25, 0.3) is 0 Å². The number of nitrogens with zero attached hydrogens (tertiary/aromatic N) is 4. The summed E-state index contributed by atoms with van der Waals surface area (Å²) in [6.45, 7) is 6.23. The number of para-hydroxylation sites is 4. The van der Waals surface area contributed by atoms with Crippen molar-refractivity contribution in [3.05, 3.63) is 265 Å². The highest BCUT2D eigenvalue weighted by Crippen LogP contribution is 2.40. The summed E-state index contributed by atoms with van der Waals surface area (Å²) < 4.78 is 87.2. The lowest BCUT2D eigenvalue weighted by Gasteiger charge is -2.04. The van der Waals surface area contributed by atoms with Crippen molar-refractivity contribution in [2.75, 3.05) is 0 Å². The third kappa shape index (κ3) is 11.0. The van der Waals surface area contributed by atoms with Crippen molar-refractivity contribution in [2.45, 2.75) is 73.0 Å². The van der Waals surface area contributed by atoms with Crippen molar-refractivity contribution >= 4 is 88.3 Å². The topological polar surface area (TPSA) is 104 Å². The summed E-state index contributed by atoms with van der Waals surface area (Å²) in [7, 11) is 0. The van der Waals surface area contributed by atoms with Crippen LogP contribution in [0.2, 0.25) is 0 Å². The molecule has 0 radical (unpaired) electrons. The second kappa shape index (κ2) is 23.9. The average Bonchev–Trinajstić information content (AvgIpc) is 1.64. The van der Waals surface area contributed by atoms with Gasteiger partial charge in [0.15, 0.2) is 22.3 Å². The summed E-state index contributed by atoms with van der Waals surface area (Å²) in [4.78, 5) is 18.3. The van der Waals surface area contributed by atoms with Crippen LogP contribution in [0.3, 0.4) is 0 Å². The molecule has 0 spiro atoms. The molecule has 0 saturated carbocycles. The predicted octanol–water partition coefficient (Wildman–Crippen LogP) is 22.6. The minimum absolute atomic E-state index is 0.206. The van der Waals surface area contributed by atoms with E-state index < -0.39 is 25.5 Å². The maximum absolute atomic E-state index is 8.44. The molecule has 0 aliphatic rings. The maximum Gasteiger partial charge on any atom is 0.157 e. The van der Waals surface area contributed by atoms with Crippen LogP contribution in [0.5, 0.6) is 0 Å². The molecule has 87 heavy (non-hydrogen) atoms. The molecular formula is C79H66N4O4. The van der Waals surface area contributed by atoms with Crippen molar-refractivity contribution in [2.24, 2.45) is 0 Å². The van der Waals surface area contributed by atoms with E-state index in [4.69, 9.17) is 33.6 Å². The van der Waals surface area contributed by atoms with Crippen LogP contribution < -0.4 is 0 Å². The molecule has 426 valence electrons. The van der Waals surface area contributed by atoms with E-state index in [2.05, 4.69) is 115 Å². The molecule has 8 heterocycles. The number of hydrogen-bond acceptors (Lipinski definition) is 8. The smallest absolute Gasteiger partial charge is 0.157 e. The first-order valence-corrected chi connectivity index (χ1v) is 29.0. The highest BCUT2D eigenvalue weighted by molar-refractivity contribution is 6.11. The SMILES string of the molecule is Cc1ccc2oc3c(-c4ccccc4)cccc3c2n1.Cc1cccc(-c2cccc3c2oc2ccc(C(C)C)nc23)c1.[2H]C([2H])([2H])C([2H])(C)c1ccc2oc3c(-c4ccccc4)cccc3c2n1.[2H]C([2H])([2H])C([2H])(C)c1ccnc2c1oc1c(-c3ccccc3)cccc12. The minimum Gasteiger partial charge on any atom is -0.454 e. The van der Waals surface area contributed by atoms with Crippen LogP contribution in [0.15, 0.2) is 254 Å². The van der Waals surface area contributed by atoms with Gasteiger partial charge in [-0.25, -0.2) is 15.0 Å². The first-order valence-electron chi connectivity index (χ1n) is 33.0. The number of aromatic nitrogens is 4. The molecule has 8 heteroatoms. The Morgan fingerprint density at radius 2 is 0.770 bits per heavy atom. The molecule has 2 unspecified atom stereocenters. The third-order valence-corrected chi connectivity index (χ3v) is 15.5. The summed E-state index contributed by atoms with van der Waals surface area (Å²) in [5.41, 5.74) is 21.2. The molecule has 8 aromatic heterocycles. The second-order valence-electron chi connectivity index (χ2n) is 22.0. The van der Waals surface area contributed by atoms with Gasteiger partial charge in [0, 0.05) is 83.6 Å². The van der Waals surface area contributed by atoms with Gasteiger partial charge in [-0.3, -0.25) is 4.98 Å². The Morgan fingerprint density at radius 1 is 0.356 bits per heavy atom. The van der Waals surface area contributed by atoms with Gasteiger partial charge in [-0.15, -0.1) is 0 Å². The van der Waals surface area contributed by atoms with E-state index in [9.17, 15) is 0 Å². The zero-order valence-corrected chi connectivity index (χ0v) is 49.0. The van der Waals surface area contributed by atoms with E-state index in [-0.39, 0.29) is 5.69 Å². The van der Waals surface area contributed by atoms with Gasteiger partial charge in [-0.1, -0.05) is 211 Å². The predicted molar refractivity (Wildman–Crippen MR) is 360 cm³/mol. The number of hydrogen-bond donors (Lipinski definition) is 0. The van der Waals surface area contributed by atoms with Gasteiger partial charge in [0.2, 0.25) is 0 Å². The summed E-state index contributed by atoms with van der Waals surface area (Å²) in [6.07, 6.45) is 1.54. The number of aryl methyl sites for hydroxylation is 2. The van der Waals surface area contributed by atoms with Gasteiger partial charge < -0.3 is 17.7 Å². The van der Waals surface area contributed by atoms with E-state index in [0.717, 1.165) is 105 Å². The highest BCUT2D eigenvalue weighted by atomic mass is 16.3. The average molecular weight is 1140 g/mol. The lowest BCUT2D eigenvalue weighted by molar-refractivity contribution is 0.657. The summed E-state index contributed by atoms with van der Waals surface area (Å²) >= 11 is 0. The Balaban J connectivity index is 0.000000115. The second-order valence-corrected chi connectivity index (χ2v) is 22.0. The lowest BCUT2D eigenvalue weighted by Crippen LogP contribution is -1.91. The van der Waals surface area contributed by atoms with Crippen LogP contribution >= 0.6 is 0 Å². The molecule has 16 aromatic rings. The normalized spacial score (nSPS) is 14.5. The summed E-state index contributed by atoms with van der Waals surface area (Å²) in [5.74, 6) is -3.18. The number of furan rings is 4. The number of rotatable bonds is 7. The lowest BCUT2D eigenvalue weighted by atomic mass is 10.0. The van der Waals surface area contributed by atoms with Gasteiger partial charge >= 0.3 is 0 Å². The van der Waals surface area contributed by atoms with Crippen molar-refractivity contribution in [3.8, 4) is 44.5 Å².